The monoisotopic (exact) mass is 354 g/mol. The molecule has 3 rings (SSSR count). The van der Waals surface area contributed by atoms with Crippen molar-refractivity contribution in [1.29, 1.82) is 0 Å². The van der Waals surface area contributed by atoms with Gasteiger partial charge in [0.2, 0.25) is 0 Å². The fourth-order valence-corrected chi connectivity index (χ4v) is 2.99. The number of fused-ring (bicyclic) bond motifs is 1. The molecule has 26 heavy (non-hydrogen) atoms. The van der Waals surface area contributed by atoms with E-state index in [4.69, 9.17) is 0 Å². The number of anilines is 1. The molecular formula is C20H23FN4O. The first-order valence-corrected chi connectivity index (χ1v) is 8.85. The highest BCUT2D eigenvalue weighted by Gasteiger charge is 2.13. The molecule has 0 bridgehead atoms. The van der Waals surface area contributed by atoms with E-state index in [9.17, 15) is 9.18 Å². The van der Waals surface area contributed by atoms with Gasteiger partial charge in [-0.15, -0.1) is 0 Å². The van der Waals surface area contributed by atoms with Crippen molar-refractivity contribution in [3.63, 3.8) is 0 Å². The van der Waals surface area contributed by atoms with Crippen LogP contribution in [0, 0.1) is 5.82 Å². The van der Waals surface area contributed by atoms with Gasteiger partial charge in [-0.2, -0.15) is 5.10 Å². The van der Waals surface area contributed by atoms with Crippen LogP contribution >= 0.6 is 0 Å². The van der Waals surface area contributed by atoms with Crippen molar-refractivity contribution in [2.75, 3.05) is 25.0 Å². The lowest BCUT2D eigenvalue weighted by atomic mass is 10.0. The second kappa shape index (κ2) is 8.10. The number of nitrogens with zero attached hydrogens (tertiary/aromatic N) is 3. The normalized spacial score (nSPS) is 11.2. The third-order valence-corrected chi connectivity index (χ3v) is 4.55. The molecule has 0 atom stereocenters. The molecule has 0 aliphatic heterocycles. The molecule has 0 radical (unpaired) electrons. The third kappa shape index (κ3) is 3.91. The molecule has 1 N–H and O–H groups in total. The standard InChI is InChI=1S/C20H23FN4O/c1-3-24(4-2)11-12-25-14-15(13-22-25)23-20(26)18-9-10-19(21)17-8-6-5-7-16(17)18/h5-10,13-14H,3-4,11-12H2,1-2H3,(H,23,26). The Morgan fingerprint density at radius 1 is 1.15 bits per heavy atom. The molecule has 0 aliphatic rings. The van der Waals surface area contributed by atoms with E-state index in [0.29, 0.717) is 22.0 Å². The van der Waals surface area contributed by atoms with E-state index in [1.807, 2.05) is 10.9 Å². The Balaban J connectivity index is 1.72. The maximum Gasteiger partial charge on any atom is 0.256 e. The van der Waals surface area contributed by atoms with Gasteiger partial charge in [-0.25, -0.2) is 4.39 Å². The second-order valence-electron chi connectivity index (χ2n) is 6.11. The number of carbonyl (C=O) groups excluding carboxylic acids is 1. The Kier molecular flexibility index (Phi) is 5.63. The molecule has 0 spiro atoms. The van der Waals surface area contributed by atoms with Gasteiger partial charge in [-0.3, -0.25) is 9.48 Å². The van der Waals surface area contributed by atoms with Gasteiger partial charge in [0.1, 0.15) is 5.82 Å². The van der Waals surface area contributed by atoms with Crippen LogP contribution in [0.15, 0.2) is 48.8 Å². The Bertz CT molecular complexity index is 902. The SMILES string of the molecule is CCN(CC)CCn1cc(NC(=O)c2ccc(F)c3ccccc23)cn1. The molecule has 0 saturated carbocycles. The summed E-state index contributed by atoms with van der Waals surface area (Å²) in [7, 11) is 0. The Hall–Kier alpha value is -2.73. The molecule has 1 aromatic heterocycles. The topological polar surface area (TPSA) is 50.2 Å². The van der Waals surface area contributed by atoms with Gasteiger partial charge in [0.15, 0.2) is 0 Å². The molecule has 0 saturated heterocycles. The Labute approximate surface area is 152 Å². The number of likely N-dealkylation sites (N-methyl/N-ethyl adjacent to an activating group) is 1. The lowest BCUT2D eigenvalue weighted by Gasteiger charge is -2.17. The van der Waals surface area contributed by atoms with Crippen LogP contribution in [0.2, 0.25) is 0 Å². The number of aromatic nitrogens is 2. The first-order valence-electron chi connectivity index (χ1n) is 8.85. The quantitative estimate of drug-likeness (QED) is 0.703. The number of amides is 1. The van der Waals surface area contributed by atoms with Crippen molar-refractivity contribution >= 4 is 22.4 Å². The average Bonchev–Trinajstić information content (AvgIpc) is 3.10. The van der Waals surface area contributed by atoms with Gasteiger partial charge >= 0.3 is 0 Å². The molecule has 0 unspecified atom stereocenters. The molecule has 2 aromatic carbocycles. The van der Waals surface area contributed by atoms with Crippen molar-refractivity contribution in [3.8, 4) is 0 Å². The molecule has 0 fully saturated rings. The Morgan fingerprint density at radius 3 is 2.62 bits per heavy atom. The van der Waals surface area contributed by atoms with Gasteiger partial charge in [-0.1, -0.05) is 38.1 Å². The molecule has 1 amide bonds. The van der Waals surface area contributed by atoms with Crippen molar-refractivity contribution in [3.05, 3.63) is 60.2 Å². The van der Waals surface area contributed by atoms with Gasteiger partial charge in [0, 0.05) is 23.7 Å². The summed E-state index contributed by atoms with van der Waals surface area (Å²) in [4.78, 5) is 14.9. The van der Waals surface area contributed by atoms with Crippen LogP contribution in [-0.4, -0.2) is 40.2 Å². The lowest BCUT2D eigenvalue weighted by Crippen LogP contribution is -2.27. The fourth-order valence-electron chi connectivity index (χ4n) is 2.99. The van der Waals surface area contributed by atoms with E-state index in [0.717, 1.165) is 26.2 Å². The van der Waals surface area contributed by atoms with Crippen LogP contribution in [0.1, 0.15) is 24.2 Å². The molecule has 1 heterocycles. The highest BCUT2D eigenvalue weighted by Crippen LogP contribution is 2.22. The predicted molar refractivity (Wildman–Crippen MR) is 102 cm³/mol. The first kappa shape index (κ1) is 18.1. The maximum absolute atomic E-state index is 13.9. The van der Waals surface area contributed by atoms with Crippen LogP contribution in [0.5, 0.6) is 0 Å². The van der Waals surface area contributed by atoms with E-state index in [1.54, 1.807) is 30.5 Å². The number of hydrogen-bond acceptors (Lipinski definition) is 3. The average molecular weight is 354 g/mol. The number of carbonyl (C=O) groups is 1. The van der Waals surface area contributed by atoms with Crippen molar-refractivity contribution in [2.45, 2.75) is 20.4 Å². The summed E-state index contributed by atoms with van der Waals surface area (Å²) in [5.41, 5.74) is 1.07. The van der Waals surface area contributed by atoms with Gasteiger partial charge in [0.05, 0.1) is 18.4 Å². The highest BCUT2D eigenvalue weighted by molar-refractivity contribution is 6.12. The van der Waals surface area contributed by atoms with E-state index in [2.05, 4.69) is 29.2 Å². The maximum atomic E-state index is 13.9. The van der Waals surface area contributed by atoms with Crippen molar-refractivity contribution < 1.29 is 9.18 Å². The molecule has 3 aromatic rings. The minimum atomic E-state index is -0.332. The molecule has 5 nitrogen and oxygen atoms in total. The summed E-state index contributed by atoms with van der Waals surface area (Å²) in [6.45, 7) is 7.93. The fraction of sp³-hybridized carbons (Fsp3) is 0.300. The molecule has 0 aliphatic carbocycles. The van der Waals surface area contributed by atoms with Crippen LogP contribution in [-0.2, 0) is 6.54 Å². The number of halogens is 1. The van der Waals surface area contributed by atoms with Crippen molar-refractivity contribution in [2.24, 2.45) is 0 Å². The number of benzene rings is 2. The number of nitrogens with one attached hydrogen (secondary N) is 1. The molecule has 136 valence electrons. The summed E-state index contributed by atoms with van der Waals surface area (Å²) in [5, 5.41) is 8.18. The summed E-state index contributed by atoms with van der Waals surface area (Å²) in [5.74, 6) is -0.606. The van der Waals surface area contributed by atoms with Crippen LogP contribution in [0.3, 0.4) is 0 Å². The zero-order valence-electron chi connectivity index (χ0n) is 15.1. The van der Waals surface area contributed by atoms with E-state index in [1.165, 1.54) is 12.1 Å². The summed E-state index contributed by atoms with van der Waals surface area (Å²) in [6.07, 6.45) is 3.44. The zero-order chi connectivity index (χ0) is 18.5. The minimum absolute atomic E-state index is 0.274. The van der Waals surface area contributed by atoms with Gasteiger partial charge in [-0.05, 0) is 30.6 Å². The summed E-state index contributed by atoms with van der Waals surface area (Å²) in [6, 6.07) is 9.81. The highest BCUT2D eigenvalue weighted by atomic mass is 19.1. The first-order chi connectivity index (χ1) is 12.6. The van der Waals surface area contributed by atoms with Crippen molar-refractivity contribution in [1.82, 2.24) is 14.7 Å². The summed E-state index contributed by atoms with van der Waals surface area (Å²) < 4.78 is 15.7. The zero-order valence-corrected chi connectivity index (χ0v) is 15.1. The van der Waals surface area contributed by atoms with E-state index < -0.39 is 0 Å². The van der Waals surface area contributed by atoms with Gasteiger partial charge in [0.25, 0.3) is 5.91 Å². The lowest BCUT2D eigenvalue weighted by molar-refractivity contribution is 0.102. The van der Waals surface area contributed by atoms with Gasteiger partial charge < -0.3 is 10.2 Å². The van der Waals surface area contributed by atoms with E-state index >= 15 is 0 Å². The van der Waals surface area contributed by atoms with Crippen LogP contribution < -0.4 is 5.32 Å². The second-order valence-corrected chi connectivity index (χ2v) is 6.11. The molecular weight excluding hydrogens is 331 g/mol. The van der Waals surface area contributed by atoms with Crippen LogP contribution in [0.25, 0.3) is 10.8 Å². The molecule has 6 heteroatoms. The predicted octanol–water partition coefficient (Wildman–Crippen LogP) is 3.77. The van der Waals surface area contributed by atoms with E-state index in [-0.39, 0.29) is 11.7 Å². The third-order valence-electron chi connectivity index (χ3n) is 4.55. The summed E-state index contributed by atoms with van der Waals surface area (Å²) >= 11 is 0. The van der Waals surface area contributed by atoms with Crippen LogP contribution in [0.4, 0.5) is 10.1 Å². The smallest absolute Gasteiger partial charge is 0.256 e. The largest absolute Gasteiger partial charge is 0.319 e. The number of hydrogen-bond donors (Lipinski definition) is 1. The number of rotatable bonds is 7. The minimum Gasteiger partial charge on any atom is -0.319 e. The Morgan fingerprint density at radius 2 is 1.88 bits per heavy atom.